The van der Waals surface area contributed by atoms with Crippen LogP contribution in [-0.4, -0.2) is 46.9 Å². The second kappa shape index (κ2) is 47.1. The Kier molecular flexibility index (Phi) is 44.8. The van der Waals surface area contributed by atoms with E-state index in [0.717, 1.165) is 64.2 Å². The molecule has 6 nitrogen and oxygen atoms in total. The van der Waals surface area contributed by atoms with E-state index in [1.807, 2.05) is 60.8 Å². The number of carbonyl (C=O) groups excluding carboxylic acids is 2. The minimum atomic E-state index is -0.812. The Balaban J connectivity index is 4.74. The van der Waals surface area contributed by atoms with E-state index in [9.17, 15) is 19.8 Å². The van der Waals surface area contributed by atoms with Gasteiger partial charge in [-0.15, -0.1) is 0 Å². The van der Waals surface area contributed by atoms with Crippen LogP contribution in [0.2, 0.25) is 0 Å². The molecule has 0 saturated carbocycles. The Morgan fingerprint density at radius 1 is 0.500 bits per heavy atom. The molecule has 0 rings (SSSR count). The standard InChI is InChI=1S/C54H93NO5/c1-4-7-10-13-16-19-22-25-27-28-30-33-36-39-42-45-50(60-54(59)47-44-41-38-35-32-24-21-18-15-12-9-6-3)48-53(58)55-51(49-56)52(57)46-43-40-37-34-31-29-26-23-20-17-14-11-8-5-2/h7,10,13,16,18-19,21-22,25,27-28,30,33,36,50-52,56-57H,4-6,8-9,11-12,14-15,17,20,23-24,26,29,31-32,34-35,37-49H2,1-3H3,(H,55,58)/b10-7-,16-13+,21-18-,22-19+,27-25-,30-28+,36-33+. The van der Waals surface area contributed by atoms with Crippen LogP contribution >= 0.6 is 0 Å². The van der Waals surface area contributed by atoms with E-state index in [2.05, 4.69) is 50.4 Å². The Morgan fingerprint density at radius 3 is 1.47 bits per heavy atom. The Morgan fingerprint density at radius 2 is 0.933 bits per heavy atom. The second-order valence-electron chi connectivity index (χ2n) is 16.6. The SMILES string of the molecule is CC\C=C/C=C/C=C/C=C\C=C\C=C\CCCC(CC(=O)NC(CO)C(O)CCCCCCCCCCCCCCCC)OC(=O)CCCCCCC/C=C\CCCCC. The molecule has 6 heteroatoms. The zero-order valence-corrected chi connectivity index (χ0v) is 39.1. The molecule has 344 valence electrons. The summed E-state index contributed by atoms with van der Waals surface area (Å²) in [5, 5.41) is 23.7. The second-order valence-corrected chi connectivity index (χ2v) is 16.6. The van der Waals surface area contributed by atoms with E-state index >= 15 is 0 Å². The number of rotatable bonds is 43. The zero-order chi connectivity index (χ0) is 43.8. The van der Waals surface area contributed by atoms with E-state index in [-0.39, 0.29) is 24.9 Å². The fourth-order valence-electron chi connectivity index (χ4n) is 7.11. The molecular weight excluding hydrogens is 743 g/mol. The van der Waals surface area contributed by atoms with Crippen molar-refractivity contribution < 1.29 is 24.5 Å². The summed E-state index contributed by atoms with van der Waals surface area (Å²) < 4.78 is 5.88. The smallest absolute Gasteiger partial charge is 0.306 e. The average molecular weight is 836 g/mol. The fourth-order valence-corrected chi connectivity index (χ4v) is 7.11. The van der Waals surface area contributed by atoms with Gasteiger partial charge >= 0.3 is 5.97 Å². The van der Waals surface area contributed by atoms with Crippen LogP contribution in [0.15, 0.2) is 85.1 Å². The van der Waals surface area contributed by atoms with E-state index in [1.54, 1.807) is 0 Å². The van der Waals surface area contributed by atoms with Crippen molar-refractivity contribution in [1.29, 1.82) is 0 Å². The molecule has 0 fully saturated rings. The molecule has 0 radical (unpaired) electrons. The largest absolute Gasteiger partial charge is 0.462 e. The van der Waals surface area contributed by atoms with Crippen molar-refractivity contribution in [2.45, 2.75) is 238 Å². The fraction of sp³-hybridized carbons (Fsp3) is 0.704. The van der Waals surface area contributed by atoms with Gasteiger partial charge in [0.25, 0.3) is 0 Å². The number of ether oxygens (including phenoxy) is 1. The van der Waals surface area contributed by atoms with Gasteiger partial charge < -0.3 is 20.3 Å². The van der Waals surface area contributed by atoms with Crippen LogP contribution in [-0.2, 0) is 14.3 Å². The molecule has 0 aliphatic heterocycles. The minimum Gasteiger partial charge on any atom is -0.462 e. The number of allylic oxidation sites excluding steroid dienone is 14. The molecule has 3 atom stereocenters. The first-order valence-corrected chi connectivity index (χ1v) is 24.9. The average Bonchev–Trinajstić information content (AvgIpc) is 3.24. The van der Waals surface area contributed by atoms with Gasteiger partial charge in [0.2, 0.25) is 5.91 Å². The summed E-state index contributed by atoms with van der Waals surface area (Å²) >= 11 is 0. The number of carbonyl (C=O) groups is 2. The van der Waals surface area contributed by atoms with Gasteiger partial charge in [-0.05, 0) is 64.2 Å². The minimum absolute atomic E-state index is 0.0196. The highest BCUT2D eigenvalue weighted by Crippen LogP contribution is 2.17. The van der Waals surface area contributed by atoms with Crippen molar-refractivity contribution >= 4 is 11.9 Å². The lowest BCUT2D eigenvalue weighted by atomic mass is 10.0. The number of hydrogen-bond acceptors (Lipinski definition) is 5. The Hall–Kier alpha value is -2.96. The molecule has 0 aliphatic carbocycles. The predicted octanol–water partition coefficient (Wildman–Crippen LogP) is 14.8. The molecular formula is C54H93NO5. The Labute approximate surface area is 370 Å². The van der Waals surface area contributed by atoms with Crippen molar-refractivity contribution in [2.24, 2.45) is 0 Å². The van der Waals surface area contributed by atoms with Crippen LogP contribution in [0.25, 0.3) is 0 Å². The number of hydrogen-bond donors (Lipinski definition) is 3. The first-order chi connectivity index (χ1) is 29.5. The number of aliphatic hydroxyl groups excluding tert-OH is 2. The molecule has 0 heterocycles. The van der Waals surface area contributed by atoms with Crippen LogP contribution in [0.5, 0.6) is 0 Å². The number of unbranched alkanes of at least 4 members (excludes halogenated alkanes) is 22. The van der Waals surface area contributed by atoms with Crippen molar-refractivity contribution in [1.82, 2.24) is 5.32 Å². The van der Waals surface area contributed by atoms with Gasteiger partial charge in [-0.25, -0.2) is 0 Å². The van der Waals surface area contributed by atoms with E-state index in [0.29, 0.717) is 19.3 Å². The van der Waals surface area contributed by atoms with Crippen molar-refractivity contribution in [3.05, 3.63) is 85.1 Å². The number of nitrogens with one attached hydrogen (secondary N) is 1. The highest BCUT2D eigenvalue weighted by atomic mass is 16.5. The third-order valence-corrected chi connectivity index (χ3v) is 10.9. The highest BCUT2D eigenvalue weighted by Gasteiger charge is 2.24. The maximum Gasteiger partial charge on any atom is 0.306 e. The molecule has 1 amide bonds. The summed E-state index contributed by atoms with van der Waals surface area (Å²) in [5.41, 5.74) is 0. The van der Waals surface area contributed by atoms with Crippen molar-refractivity contribution in [2.75, 3.05) is 6.61 Å². The lowest BCUT2D eigenvalue weighted by Gasteiger charge is -2.24. The molecule has 0 aromatic rings. The van der Waals surface area contributed by atoms with E-state index in [1.165, 1.54) is 109 Å². The molecule has 3 N–H and O–H groups in total. The van der Waals surface area contributed by atoms with Gasteiger partial charge in [0, 0.05) is 6.42 Å². The summed E-state index contributed by atoms with van der Waals surface area (Å²) in [5.74, 6) is -0.565. The van der Waals surface area contributed by atoms with Gasteiger partial charge in [0.1, 0.15) is 6.10 Å². The van der Waals surface area contributed by atoms with Gasteiger partial charge in [-0.3, -0.25) is 9.59 Å². The zero-order valence-electron chi connectivity index (χ0n) is 39.1. The molecule has 0 aromatic carbocycles. The normalized spacial score (nSPS) is 14.0. The van der Waals surface area contributed by atoms with Crippen LogP contribution in [0.4, 0.5) is 0 Å². The third-order valence-electron chi connectivity index (χ3n) is 10.9. The summed E-state index contributed by atoms with van der Waals surface area (Å²) in [6.45, 7) is 6.28. The molecule has 3 unspecified atom stereocenters. The molecule has 0 saturated heterocycles. The molecule has 0 aromatic heterocycles. The highest BCUT2D eigenvalue weighted by molar-refractivity contribution is 5.77. The van der Waals surface area contributed by atoms with Crippen molar-refractivity contribution in [3.63, 3.8) is 0 Å². The molecule has 0 spiro atoms. The number of amides is 1. The predicted molar refractivity (Wildman–Crippen MR) is 259 cm³/mol. The number of aliphatic hydroxyl groups is 2. The van der Waals surface area contributed by atoms with Crippen LogP contribution in [0.3, 0.4) is 0 Å². The van der Waals surface area contributed by atoms with Crippen molar-refractivity contribution in [3.8, 4) is 0 Å². The van der Waals surface area contributed by atoms with Crippen LogP contribution < -0.4 is 5.32 Å². The molecule has 0 bridgehead atoms. The summed E-state index contributed by atoms with van der Waals surface area (Å²) in [7, 11) is 0. The lowest BCUT2D eigenvalue weighted by Crippen LogP contribution is -2.46. The third kappa shape index (κ3) is 41.8. The first-order valence-electron chi connectivity index (χ1n) is 24.9. The van der Waals surface area contributed by atoms with Crippen LogP contribution in [0, 0.1) is 0 Å². The quantitative estimate of drug-likeness (QED) is 0.0246. The maximum absolute atomic E-state index is 13.2. The number of esters is 1. The van der Waals surface area contributed by atoms with Gasteiger partial charge in [-0.1, -0.05) is 228 Å². The maximum atomic E-state index is 13.2. The monoisotopic (exact) mass is 836 g/mol. The summed E-state index contributed by atoms with van der Waals surface area (Å²) in [4.78, 5) is 26.1. The van der Waals surface area contributed by atoms with Gasteiger partial charge in [0.05, 0.1) is 25.2 Å². The summed E-state index contributed by atoms with van der Waals surface area (Å²) in [6, 6.07) is -0.731. The summed E-state index contributed by atoms with van der Waals surface area (Å²) in [6.07, 6.45) is 60.7. The first kappa shape index (κ1) is 57.0. The van der Waals surface area contributed by atoms with Gasteiger partial charge in [-0.2, -0.15) is 0 Å². The molecule has 60 heavy (non-hydrogen) atoms. The van der Waals surface area contributed by atoms with Gasteiger partial charge in [0.15, 0.2) is 0 Å². The Bertz CT molecular complexity index is 1160. The molecule has 0 aliphatic rings. The van der Waals surface area contributed by atoms with E-state index < -0.39 is 18.2 Å². The van der Waals surface area contributed by atoms with E-state index in [4.69, 9.17) is 4.74 Å². The topological polar surface area (TPSA) is 95.9 Å². The lowest BCUT2D eigenvalue weighted by molar-refractivity contribution is -0.151. The van der Waals surface area contributed by atoms with Crippen LogP contribution in [0.1, 0.15) is 220 Å².